The summed E-state index contributed by atoms with van der Waals surface area (Å²) in [6, 6.07) is 3.28. The summed E-state index contributed by atoms with van der Waals surface area (Å²) in [6.07, 6.45) is -0.263. The lowest BCUT2D eigenvalue weighted by molar-refractivity contribution is -0.126. The van der Waals surface area contributed by atoms with Crippen molar-refractivity contribution in [2.75, 3.05) is 0 Å². The number of carbonyl (C=O) groups is 1. The second-order valence-electron chi connectivity index (χ2n) is 5.02. The van der Waals surface area contributed by atoms with Crippen LogP contribution in [0.1, 0.15) is 31.2 Å². The van der Waals surface area contributed by atoms with Gasteiger partial charge in [0.25, 0.3) is 0 Å². The topological polar surface area (TPSA) is 17.1 Å². The minimum absolute atomic E-state index is 0.0343. The number of alkyl halides is 2. The molecule has 0 radical (unpaired) electrons. The summed E-state index contributed by atoms with van der Waals surface area (Å²) < 4.78 is 51.6. The zero-order valence-corrected chi connectivity index (χ0v) is 10.3. The number of hydrogen-bond acceptors (Lipinski definition) is 1. The Morgan fingerprint density at radius 1 is 1.16 bits per heavy atom. The molecule has 1 saturated carbocycles. The summed E-state index contributed by atoms with van der Waals surface area (Å²) >= 11 is 0. The Kier molecular flexibility index (Phi) is 3.92. The highest BCUT2D eigenvalue weighted by Crippen LogP contribution is 2.36. The average molecular weight is 274 g/mol. The Bertz CT molecular complexity index is 474. The van der Waals surface area contributed by atoms with Crippen molar-refractivity contribution in [3.05, 3.63) is 35.4 Å². The van der Waals surface area contributed by atoms with E-state index < -0.39 is 23.5 Å². The summed E-state index contributed by atoms with van der Waals surface area (Å²) in [5, 5.41) is 0. The van der Waals surface area contributed by atoms with Gasteiger partial charge >= 0.3 is 0 Å². The third-order valence-electron chi connectivity index (χ3n) is 3.53. The number of Topliss-reactive ketones (excluding diaryl/α,β-unsaturated/α-hetero) is 1. The average Bonchev–Trinajstić information content (AvgIpc) is 2.33. The minimum Gasteiger partial charge on any atom is -0.299 e. The third kappa shape index (κ3) is 3.55. The molecule has 0 saturated heterocycles. The van der Waals surface area contributed by atoms with E-state index in [0.29, 0.717) is 5.56 Å². The molecule has 0 unspecified atom stereocenters. The number of carbonyl (C=O) groups excluding carboxylic acids is 1. The monoisotopic (exact) mass is 274 g/mol. The van der Waals surface area contributed by atoms with Crippen molar-refractivity contribution < 1.29 is 22.4 Å². The van der Waals surface area contributed by atoms with Crippen LogP contribution in [0.5, 0.6) is 0 Å². The normalized spacial score (nSPS) is 19.4. The van der Waals surface area contributed by atoms with Gasteiger partial charge in [0.15, 0.2) is 11.6 Å². The van der Waals surface area contributed by atoms with Crippen molar-refractivity contribution in [2.24, 2.45) is 5.92 Å². The van der Waals surface area contributed by atoms with Gasteiger partial charge in [-0.2, -0.15) is 0 Å². The van der Waals surface area contributed by atoms with Crippen LogP contribution in [0.15, 0.2) is 18.2 Å². The van der Waals surface area contributed by atoms with Crippen LogP contribution in [0.2, 0.25) is 0 Å². The van der Waals surface area contributed by atoms with E-state index in [1.54, 1.807) is 0 Å². The van der Waals surface area contributed by atoms with Gasteiger partial charge in [-0.25, -0.2) is 17.6 Å². The first-order valence-corrected chi connectivity index (χ1v) is 6.22. The number of rotatable bonds is 3. The minimum atomic E-state index is -2.67. The van der Waals surface area contributed by atoms with Crippen molar-refractivity contribution in [1.29, 1.82) is 0 Å². The van der Waals surface area contributed by atoms with Crippen molar-refractivity contribution in [3.63, 3.8) is 0 Å². The SMILES string of the molecule is O=C(Cc1ccc(F)c(F)c1)C1CCC(F)(F)CC1. The fourth-order valence-electron chi connectivity index (χ4n) is 2.36. The molecule has 1 fully saturated rings. The number of halogens is 4. The second kappa shape index (κ2) is 5.31. The lowest BCUT2D eigenvalue weighted by Gasteiger charge is -2.27. The van der Waals surface area contributed by atoms with E-state index in [-0.39, 0.29) is 37.9 Å². The summed E-state index contributed by atoms with van der Waals surface area (Å²) in [6.45, 7) is 0. The molecule has 19 heavy (non-hydrogen) atoms. The maximum atomic E-state index is 13.0. The lowest BCUT2D eigenvalue weighted by Crippen LogP contribution is -2.29. The fraction of sp³-hybridized carbons (Fsp3) is 0.500. The number of hydrogen-bond donors (Lipinski definition) is 0. The molecular formula is C14H14F4O. The maximum absolute atomic E-state index is 13.0. The molecular weight excluding hydrogens is 260 g/mol. The van der Waals surface area contributed by atoms with Crippen LogP contribution in [0.25, 0.3) is 0 Å². The molecule has 5 heteroatoms. The van der Waals surface area contributed by atoms with Gasteiger partial charge in [0, 0.05) is 25.2 Å². The van der Waals surface area contributed by atoms with E-state index in [1.165, 1.54) is 6.07 Å². The Hall–Kier alpha value is -1.39. The van der Waals surface area contributed by atoms with Crippen molar-refractivity contribution in [1.82, 2.24) is 0 Å². The highest BCUT2D eigenvalue weighted by atomic mass is 19.3. The fourth-order valence-corrected chi connectivity index (χ4v) is 2.36. The largest absolute Gasteiger partial charge is 0.299 e. The molecule has 1 aliphatic rings. The van der Waals surface area contributed by atoms with Gasteiger partial charge in [-0.3, -0.25) is 4.79 Å². The second-order valence-corrected chi connectivity index (χ2v) is 5.02. The van der Waals surface area contributed by atoms with Crippen LogP contribution >= 0.6 is 0 Å². The van der Waals surface area contributed by atoms with Gasteiger partial charge in [-0.15, -0.1) is 0 Å². The van der Waals surface area contributed by atoms with Gasteiger partial charge in [0.1, 0.15) is 5.78 Å². The molecule has 2 rings (SSSR count). The highest BCUT2D eigenvalue weighted by Gasteiger charge is 2.37. The van der Waals surface area contributed by atoms with Crippen molar-refractivity contribution >= 4 is 5.78 Å². The molecule has 0 heterocycles. The number of benzene rings is 1. The quantitative estimate of drug-likeness (QED) is 0.764. The molecule has 1 aromatic carbocycles. The zero-order valence-electron chi connectivity index (χ0n) is 10.3. The molecule has 0 N–H and O–H groups in total. The molecule has 0 spiro atoms. The summed E-state index contributed by atoms with van der Waals surface area (Å²) in [7, 11) is 0. The molecule has 0 amide bonds. The van der Waals surface area contributed by atoms with E-state index in [2.05, 4.69) is 0 Å². The predicted molar refractivity (Wildman–Crippen MR) is 62.0 cm³/mol. The summed E-state index contributed by atoms with van der Waals surface area (Å²) in [4.78, 5) is 11.9. The van der Waals surface area contributed by atoms with Gasteiger partial charge in [0.2, 0.25) is 5.92 Å². The van der Waals surface area contributed by atoms with E-state index >= 15 is 0 Å². The Labute approximate surface area is 108 Å². The van der Waals surface area contributed by atoms with E-state index in [1.807, 2.05) is 0 Å². The van der Waals surface area contributed by atoms with Gasteiger partial charge < -0.3 is 0 Å². The van der Waals surface area contributed by atoms with Crippen molar-refractivity contribution in [2.45, 2.75) is 38.0 Å². The lowest BCUT2D eigenvalue weighted by atomic mass is 9.82. The van der Waals surface area contributed by atoms with Crippen LogP contribution in [-0.4, -0.2) is 11.7 Å². The molecule has 1 nitrogen and oxygen atoms in total. The molecule has 0 bridgehead atoms. The zero-order chi connectivity index (χ0) is 14.0. The van der Waals surface area contributed by atoms with E-state index in [4.69, 9.17) is 0 Å². The third-order valence-corrected chi connectivity index (χ3v) is 3.53. The standard InChI is InChI=1S/C14H14F4O/c15-11-2-1-9(7-12(11)16)8-13(19)10-3-5-14(17,18)6-4-10/h1-2,7,10H,3-6,8H2. The molecule has 1 aromatic rings. The number of ketones is 1. The molecule has 1 aliphatic carbocycles. The predicted octanol–water partition coefficient (Wildman–Crippen LogP) is 3.90. The molecule has 104 valence electrons. The van der Waals surface area contributed by atoms with Gasteiger partial charge in [-0.1, -0.05) is 6.07 Å². The van der Waals surface area contributed by atoms with E-state index in [0.717, 1.165) is 12.1 Å². The van der Waals surface area contributed by atoms with Crippen LogP contribution in [0, 0.1) is 17.6 Å². The van der Waals surface area contributed by atoms with E-state index in [9.17, 15) is 22.4 Å². The Morgan fingerprint density at radius 2 is 1.79 bits per heavy atom. The smallest absolute Gasteiger partial charge is 0.248 e. The Morgan fingerprint density at radius 3 is 2.37 bits per heavy atom. The van der Waals surface area contributed by atoms with Crippen LogP contribution in [-0.2, 0) is 11.2 Å². The highest BCUT2D eigenvalue weighted by molar-refractivity contribution is 5.83. The van der Waals surface area contributed by atoms with Gasteiger partial charge in [-0.05, 0) is 30.5 Å². The molecule has 0 aliphatic heterocycles. The van der Waals surface area contributed by atoms with Crippen LogP contribution in [0.4, 0.5) is 17.6 Å². The molecule has 0 aromatic heterocycles. The summed E-state index contributed by atoms with van der Waals surface area (Å²) in [5.74, 6) is -5.21. The van der Waals surface area contributed by atoms with Crippen molar-refractivity contribution in [3.8, 4) is 0 Å². The first-order valence-electron chi connectivity index (χ1n) is 6.22. The summed E-state index contributed by atoms with van der Waals surface area (Å²) in [5.41, 5.74) is 0.376. The van der Waals surface area contributed by atoms with Crippen LogP contribution in [0.3, 0.4) is 0 Å². The first kappa shape index (κ1) is 14.0. The van der Waals surface area contributed by atoms with Gasteiger partial charge in [0.05, 0.1) is 0 Å². The Balaban J connectivity index is 1.96. The maximum Gasteiger partial charge on any atom is 0.248 e. The van der Waals surface area contributed by atoms with Crippen LogP contribution < -0.4 is 0 Å². The first-order chi connectivity index (χ1) is 8.87. The molecule has 0 atom stereocenters.